The minimum Gasteiger partial charge on any atom is -0.398 e. The van der Waals surface area contributed by atoms with Gasteiger partial charge in [-0.3, -0.25) is 0 Å². The zero-order valence-electron chi connectivity index (χ0n) is 10.1. The first-order chi connectivity index (χ1) is 7.97. The third-order valence-corrected chi connectivity index (χ3v) is 4.50. The molecule has 0 spiro atoms. The molecule has 1 aromatic rings. The predicted molar refractivity (Wildman–Crippen MR) is 73.8 cm³/mol. The number of sulfonamides is 1. The summed E-state index contributed by atoms with van der Waals surface area (Å²) in [7, 11) is -3.47. The van der Waals surface area contributed by atoms with Crippen LogP contribution in [0, 0.1) is 6.92 Å². The maximum Gasteiger partial charge on any atom is 0.242 e. The number of nitrogens with two attached hydrogens (primary N) is 1. The molecule has 1 aromatic carbocycles. The minimum atomic E-state index is -3.47. The van der Waals surface area contributed by atoms with Crippen LogP contribution in [0.25, 0.3) is 0 Å². The van der Waals surface area contributed by atoms with Crippen molar-refractivity contribution in [1.82, 2.24) is 4.72 Å². The summed E-state index contributed by atoms with van der Waals surface area (Å²) in [5, 5.41) is 0. The standard InChI is InChI=1S/C11H18N2O2S2/c1-9-4-5-11(10(12)8-9)17(14,15)13-6-3-7-16-2/h4-5,8,13H,3,6-7,12H2,1-2H3. The molecule has 3 N–H and O–H groups in total. The highest BCUT2D eigenvalue weighted by molar-refractivity contribution is 7.98. The first kappa shape index (κ1) is 14.3. The second-order valence-corrected chi connectivity index (χ2v) is 6.51. The molecule has 0 saturated carbocycles. The summed E-state index contributed by atoms with van der Waals surface area (Å²) in [6.45, 7) is 2.31. The van der Waals surface area contributed by atoms with Gasteiger partial charge in [0.15, 0.2) is 0 Å². The molecular formula is C11H18N2O2S2. The summed E-state index contributed by atoms with van der Waals surface area (Å²) in [5.74, 6) is 0.936. The van der Waals surface area contributed by atoms with Gasteiger partial charge >= 0.3 is 0 Å². The molecule has 0 aromatic heterocycles. The van der Waals surface area contributed by atoms with Gasteiger partial charge in [0.25, 0.3) is 0 Å². The molecule has 0 amide bonds. The molecule has 0 fully saturated rings. The average Bonchev–Trinajstić information content (AvgIpc) is 2.24. The highest BCUT2D eigenvalue weighted by Crippen LogP contribution is 2.19. The van der Waals surface area contributed by atoms with Crippen LogP contribution in [0.15, 0.2) is 23.1 Å². The molecule has 0 bridgehead atoms. The molecule has 0 aliphatic heterocycles. The topological polar surface area (TPSA) is 72.2 Å². The molecule has 0 saturated heterocycles. The van der Waals surface area contributed by atoms with Crippen LogP contribution in [-0.4, -0.2) is 27.0 Å². The van der Waals surface area contributed by atoms with Crippen LogP contribution in [0.5, 0.6) is 0 Å². The van der Waals surface area contributed by atoms with Crippen LogP contribution in [0.1, 0.15) is 12.0 Å². The van der Waals surface area contributed by atoms with Crippen molar-refractivity contribution in [3.8, 4) is 0 Å². The molecule has 17 heavy (non-hydrogen) atoms. The van der Waals surface area contributed by atoms with Crippen LogP contribution in [-0.2, 0) is 10.0 Å². The monoisotopic (exact) mass is 274 g/mol. The van der Waals surface area contributed by atoms with E-state index in [1.807, 2.05) is 13.2 Å². The molecule has 0 unspecified atom stereocenters. The van der Waals surface area contributed by atoms with Gasteiger partial charge in [0, 0.05) is 6.54 Å². The Morgan fingerprint density at radius 2 is 2.12 bits per heavy atom. The lowest BCUT2D eigenvalue weighted by atomic mass is 10.2. The highest BCUT2D eigenvalue weighted by Gasteiger charge is 2.16. The summed E-state index contributed by atoms with van der Waals surface area (Å²) in [6.07, 6.45) is 2.80. The van der Waals surface area contributed by atoms with E-state index in [9.17, 15) is 8.42 Å². The molecule has 6 heteroatoms. The Balaban J connectivity index is 2.76. The number of anilines is 1. The number of rotatable bonds is 6. The normalized spacial score (nSPS) is 11.6. The second-order valence-electron chi connectivity index (χ2n) is 3.79. The quantitative estimate of drug-likeness (QED) is 0.610. The van der Waals surface area contributed by atoms with Crippen LogP contribution >= 0.6 is 11.8 Å². The summed E-state index contributed by atoms with van der Waals surface area (Å²) in [6, 6.07) is 4.95. The van der Waals surface area contributed by atoms with Gasteiger partial charge in [0.05, 0.1) is 5.69 Å². The third kappa shape index (κ3) is 4.22. The second kappa shape index (κ2) is 6.28. The van der Waals surface area contributed by atoms with Gasteiger partial charge < -0.3 is 5.73 Å². The van der Waals surface area contributed by atoms with E-state index < -0.39 is 10.0 Å². The maximum absolute atomic E-state index is 11.9. The van der Waals surface area contributed by atoms with Gasteiger partial charge in [-0.15, -0.1) is 0 Å². The number of hydrogen-bond donors (Lipinski definition) is 2. The van der Waals surface area contributed by atoms with Gasteiger partial charge in [-0.2, -0.15) is 11.8 Å². The smallest absolute Gasteiger partial charge is 0.242 e. The van der Waals surface area contributed by atoms with E-state index in [0.29, 0.717) is 12.2 Å². The van der Waals surface area contributed by atoms with E-state index in [1.54, 1.807) is 30.0 Å². The number of nitrogen functional groups attached to an aromatic ring is 1. The van der Waals surface area contributed by atoms with Crippen molar-refractivity contribution in [3.05, 3.63) is 23.8 Å². The fraction of sp³-hybridized carbons (Fsp3) is 0.455. The molecule has 0 heterocycles. The largest absolute Gasteiger partial charge is 0.398 e. The number of nitrogens with one attached hydrogen (secondary N) is 1. The van der Waals surface area contributed by atoms with Crippen molar-refractivity contribution in [3.63, 3.8) is 0 Å². The molecule has 0 radical (unpaired) electrons. The SMILES string of the molecule is CSCCCNS(=O)(=O)c1ccc(C)cc1N. The van der Waals surface area contributed by atoms with Gasteiger partial charge in [-0.1, -0.05) is 6.07 Å². The first-order valence-electron chi connectivity index (χ1n) is 5.32. The Morgan fingerprint density at radius 1 is 1.41 bits per heavy atom. The van der Waals surface area contributed by atoms with Crippen LogP contribution in [0.2, 0.25) is 0 Å². The fourth-order valence-corrected chi connectivity index (χ4v) is 3.03. The fourth-order valence-electron chi connectivity index (χ4n) is 1.41. The van der Waals surface area contributed by atoms with E-state index >= 15 is 0 Å². The van der Waals surface area contributed by atoms with E-state index in [4.69, 9.17) is 5.73 Å². The lowest BCUT2D eigenvalue weighted by molar-refractivity contribution is 0.581. The van der Waals surface area contributed by atoms with Crippen LogP contribution in [0.3, 0.4) is 0 Å². The molecule has 0 aliphatic carbocycles. The summed E-state index contributed by atoms with van der Waals surface area (Å²) >= 11 is 1.69. The number of hydrogen-bond acceptors (Lipinski definition) is 4. The zero-order valence-corrected chi connectivity index (χ0v) is 11.7. The third-order valence-electron chi connectivity index (χ3n) is 2.27. The van der Waals surface area contributed by atoms with Crippen molar-refractivity contribution < 1.29 is 8.42 Å². The first-order valence-corrected chi connectivity index (χ1v) is 8.20. The van der Waals surface area contributed by atoms with Gasteiger partial charge in [-0.25, -0.2) is 13.1 Å². The summed E-state index contributed by atoms with van der Waals surface area (Å²) in [4.78, 5) is 0.159. The number of benzene rings is 1. The average molecular weight is 274 g/mol. The van der Waals surface area contributed by atoms with Gasteiger partial charge in [-0.05, 0) is 43.0 Å². The summed E-state index contributed by atoms with van der Waals surface area (Å²) < 4.78 is 26.4. The van der Waals surface area contributed by atoms with Crippen molar-refractivity contribution in [2.45, 2.75) is 18.2 Å². The number of aryl methyl sites for hydroxylation is 1. The Hall–Kier alpha value is -0.720. The molecule has 0 atom stereocenters. The van der Waals surface area contributed by atoms with E-state index in [0.717, 1.165) is 17.7 Å². The zero-order chi connectivity index (χ0) is 12.9. The maximum atomic E-state index is 11.9. The molecule has 1 rings (SSSR count). The molecule has 0 aliphatic rings. The van der Waals surface area contributed by atoms with Crippen molar-refractivity contribution in [2.75, 3.05) is 24.3 Å². The Kier molecular flexibility index (Phi) is 5.30. The lowest BCUT2D eigenvalue weighted by Crippen LogP contribution is -2.26. The van der Waals surface area contributed by atoms with Crippen molar-refractivity contribution >= 4 is 27.5 Å². The van der Waals surface area contributed by atoms with Crippen LogP contribution < -0.4 is 10.5 Å². The highest BCUT2D eigenvalue weighted by atomic mass is 32.2. The molecule has 4 nitrogen and oxygen atoms in total. The summed E-state index contributed by atoms with van der Waals surface area (Å²) in [5.41, 5.74) is 6.96. The van der Waals surface area contributed by atoms with E-state index in [2.05, 4.69) is 4.72 Å². The Bertz CT molecular complexity index is 472. The van der Waals surface area contributed by atoms with Gasteiger partial charge in [0.2, 0.25) is 10.0 Å². The molecular weight excluding hydrogens is 256 g/mol. The predicted octanol–water partition coefficient (Wildman–Crippen LogP) is 1.61. The Morgan fingerprint density at radius 3 is 2.71 bits per heavy atom. The van der Waals surface area contributed by atoms with Crippen molar-refractivity contribution in [1.29, 1.82) is 0 Å². The van der Waals surface area contributed by atoms with Crippen LogP contribution in [0.4, 0.5) is 5.69 Å². The Labute approximate surface area is 107 Å². The van der Waals surface area contributed by atoms with Gasteiger partial charge in [0.1, 0.15) is 4.90 Å². The number of thioether (sulfide) groups is 1. The molecule has 96 valence electrons. The minimum absolute atomic E-state index is 0.159. The van der Waals surface area contributed by atoms with Crippen molar-refractivity contribution in [2.24, 2.45) is 0 Å². The van der Waals surface area contributed by atoms with E-state index in [-0.39, 0.29) is 4.90 Å². The van der Waals surface area contributed by atoms with E-state index in [1.165, 1.54) is 0 Å². The lowest BCUT2D eigenvalue weighted by Gasteiger charge is -2.09.